The average Bonchev–Trinajstić information content (AvgIpc) is 2.37. The number of aliphatic hydroxyl groups is 2. The third-order valence-electron chi connectivity index (χ3n) is 2.87. The highest BCUT2D eigenvalue weighted by molar-refractivity contribution is 5.58. The number of aliphatic hydroxyl groups excluding tert-OH is 2. The minimum Gasteiger partial charge on any atom is -0.394 e. The second kappa shape index (κ2) is 5.74. The lowest BCUT2D eigenvalue weighted by Crippen LogP contribution is -2.45. The molecule has 3 N–H and O–H groups in total. The predicted octanol–water partition coefficient (Wildman–Crippen LogP) is 0.844. The van der Waals surface area contributed by atoms with Gasteiger partial charge in [0.1, 0.15) is 0 Å². The monoisotopic (exact) mass is 255 g/mol. The van der Waals surface area contributed by atoms with Gasteiger partial charge in [0.15, 0.2) is 0 Å². The Bertz CT molecular complexity index is 424. The molecule has 0 unspecified atom stereocenters. The molecule has 0 aromatic carbocycles. The van der Waals surface area contributed by atoms with E-state index in [1.165, 1.54) is 12.3 Å². The van der Waals surface area contributed by atoms with Gasteiger partial charge in [-0.25, -0.2) is 4.98 Å². The number of nitrogens with one attached hydrogen (secondary N) is 1. The van der Waals surface area contributed by atoms with Crippen LogP contribution in [-0.4, -0.2) is 38.9 Å². The van der Waals surface area contributed by atoms with Crippen LogP contribution in [0.15, 0.2) is 12.3 Å². The van der Waals surface area contributed by atoms with Crippen LogP contribution in [0.25, 0.3) is 0 Å². The summed E-state index contributed by atoms with van der Waals surface area (Å²) >= 11 is 0. The van der Waals surface area contributed by atoms with Gasteiger partial charge in [0.25, 0.3) is 0 Å². The zero-order valence-electron chi connectivity index (χ0n) is 10.4. The first kappa shape index (κ1) is 14.3. The average molecular weight is 255 g/mol. The lowest BCUT2D eigenvalue weighted by Gasteiger charge is -2.29. The van der Waals surface area contributed by atoms with Gasteiger partial charge in [-0.15, -0.1) is 0 Å². The molecule has 0 spiro atoms. The molecule has 1 aromatic heterocycles. The Morgan fingerprint density at radius 1 is 1.50 bits per heavy atom. The van der Waals surface area contributed by atoms with E-state index in [1.54, 1.807) is 13.8 Å². The molecule has 18 heavy (non-hydrogen) atoms. The predicted molar refractivity (Wildman–Crippen MR) is 66.4 cm³/mol. The Kier molecular flexibility index (Phi) is 4.57. The van der Waals surface area contributed by atoms with Gasteiger partial charge in [-0.2, -0.15) is 0 Å². The van der Waals surface area contributed by atoms with E-state index in [2.05, 4.69) is 10.3 Å². The summed E-state index contributed by atoms with van der Waals surface area (Å²) in [6.45, 7) is 2.79. The minimum atomic E-state index is -1.01. The van der Waals surface area contributed by atoms with Crippen molar-refractivity contribution in [2.24, 2.45) is 0 Å². The number of rotatable bonds is 6. The highest BCUT2D eigenvalue weighted by Crippen LogP contribution is 2.26. The summed E-state index contributed by atoms with van der Waals surface area (Å²) in [6, 6.07) is 1.39. The van der Waals surface area contributed by atoms with Crippen molar-refractivity contribution in [3.8, 4) is 0 Å². The number of aryl methyl sites for hydroxylation is 1. The fraction of sp³-hybridized carbons (Fsp3) is 0.545. The van der Waals surface area contributed by atoms with E-state index >= 15 is 0 Å². The molecule has 1 aromatic rings. The van der Waals surface area contributed by atoms with E-state index in [9.17, 15) is 20.3 Å². The van der Waals surface area contributed by atoms with Gasteiger partial charge >= 0.3 is 5.69 Å². The van der Waals surface area contributed by atoms with E-state index in [0.717, 1.165) is 0 Å². The topological polar surface area (TPSA) is 109 Å². The Labute approximate surface area is 105 Å². The number of nitrogens with zero attached hydrogens (tertiary/aromatic N) is 2. The van der Waals surface area contributed by atoms with Crippen LogP contribution in [-0.2, 0) is 0 Å². The Balaban J connectivity index is 3.13. The summed E-state index contributed by atoms with van der Waals surface area (Å²) in [4.78, 5) is 14.3. The van der Waals surface area contributed by atoms with Gasteiger partial charge in [0.2, 0.25) is 5.82 Å². The van der Waals surface area contributed by atoms with E-state index in [-0.39, 0.29) is 24.7 Å². The maximum Gasteiger partial charge on any atom is 0.311 e. The third-order valence-corrected chi connectivity index (χ3v) is 2.87. The molecule has 0 atom stereocenters. The third kappa shape index (κ3) is 2.93. The van der Waals surface area contributed by atoms with E-state index in [0.29, 0.717) is 12.0 Å². The standard InChI is InChI=1S/C11H17N3O4/c1-3-11(6-15,7-16)13-10-9(14(17)18)4-8(2)5-12-10/h4-5,15-16H,3,6-7H2,1-2H3,(H,12,13). The largest absolute Gasteiger partial charge is 0.394 e. The van der Waals surface area contributed by atoms with Crippen molar-refractivity contribution in [3.63, 3.8) is 0 Å². The first-order chi connectivity index (χ1) is 8.48. The van der Waals surface area contributed by atoms with Gasteiger partial charge in [0, 0.05) is 12.3 Å². The minimum absolute atomic E-state index is 0.0514. The molecular weight excluding hydrogens is 238 g/mol. The molecule has 100 valence electrons. The van der Waals surface area contributed by atoms with Crippen LogP contribution in [0.4, 0.5) is 11.5 Å². The summed E-state index contributed by atoms with van der Waals surface area (Å²) in [7, 11) is 0. The van der Waals surface area contributed by atoms with Crippen molar-refractivity contribution >= 4 is 11.5 Å². The van der Waals surface area contributed by atoms with Crippen LogP contribution in [0.5, 0.6) is 0 Å². The summed E-state index contributed by atoms with van der Waals surface area (Å²) in [5.74, 6) is 0.0514. The molecule has 7 heteroatoms. The zero-order chi connectivity index (χ0) is 13.8. The Morgan fingerprint density at radius 2 is 2.11 bits per heavy atom. The molecular formula is C11H17N3O4. The maximum absolute atomic E-state index is 10.9. The van der Waals surface area contributed by atoms with Crippen LogP contribution < -0.4 is 5.32 Å². The molecule has 1 heterocycles. The van der Waals surface area contributed by atoms with Crippen LogP contribution in [0, 0.1) is 17.0 Å². The van der Waals surface area contributed by atoms with Gasteiger partial charge < -0.3 is 15.5 Å². The lowest BCUT2D eigenvalue weighted by molar-refractivity contribution is -0.384. The van der Waals surface area contributed by atoms with E-state index in [1.807, 2.05) is 0 Å². The fourth-order valence-electron chi connectivity index (χ4n) is 1.48. The quantitative estimate of drug-likeness (QED) is 0.513. The van der Waals surface area contributed by atoms with E-state index < -0.39 is 10.5 Å². The maximum atomic E-state index is 10.9. The summed E-state index contributed by atoms with van der Waals surface area (Å²) in [6.07, 6.45) is 1.90. The second-order valence-corrected chi connectivity index (χ2v) is 4.21. The molecule has 0 aliphatic rings. The van der Waals surface area contributed by atoms with Crippen molar-refractivity contribution < 1.29 is 15.1 Å². The first-order valence-electron chi connectivity index (χ1n) is 5.59. The zero-order valence-corrected chi connectivity index (χ0v) is 10.4. The van der Waals surface area contributed by atoms with Gasteiger partial charge in [-0.3, -0.25) is 10.1 Å². The van der Waals surface area contributed by atoms with Crippen molar-refractivity contribution in [1.29, 1.82) is 0 Å². The SMILES string of the molecule is CCC(CO)(CO)Nc1ncc(C)cc1[N+](=O)[O-]. The fourth-order valence-corrected chi connectivity index (χ4v) is 1.48. The summed E-state index contributed by atoms with van der Waals surface area (Å²) in [5, 5.41) is 32.3. The number of hydrogen-bond donors (Lipinski definition) is 3. The molecule has 0 bridgehead atoms. The molecule has 0 amide bonds. The van der Waals surface area contributed by atoms with Crippen LogP contribution >= 0.6 is 0 Å². The van der Waals surface area contributed by atoms with Crippen LogP contribution in [0.1, 0.15) is 18.9 Å². The van der Waals surface area contributed by atoms with Crippen molar-refractivity contribution in [2.75, 3.05) is 18.5 Å². The summed E-state index contributed by atoms with van der Waals surface area (Å²) in [5.41, 5.74) is -0.510. The molecule has 1 rings (SSSR count). The second-order valence-electron chi connectivity index (χ2n) is 4.21. The van der Waals surface area contributed by atoms with Crippen molar-refractivity contribution in [2.45, 2.75) is 25.8 Å². The molecule has 0 fully saturated rings. The van der Waals surface area contributed by atoms with Gasteiger partial charge in [0.05, 0.1) is 23.7 Å². The van der Waals surface area contributed by atoms with Crippen molar-refractivity contribution in [1.82, 2.24) is 4.98 Å². The number of anilines is 1. The molecule has 0 aliphatic carbocycles. The Hall–Kier alpha value is -1.73. The number of pyridine rings is 1. The molecule has 0 radical (unpaired) electrons. The van der Waals surface area contributed by atoms with Crippen LogP contribution in [0.2, 0.25) is 0 Å². The number of hydrogen-bond acceptors (Lipinski definition) is 6. The highest BCUT2D eigenvalue weighted by Gasteiger charge is 2.30. The summed E-state index contributed by atoms with van der Waals surface area (Å²) < 4.78 is 0. The van der Waals surface area contributed by atoms with E-state index in [4.69, 9.17) is 0 Å². The first-order valence-corrected chi connectivity index (χ1v) is 5.59. The molecule has 0 saturated carbocycles. The normalized spacial score (nSPS) is 11.3. The van der Waals surface area contributed by atoms with Crippen molar-refractivity contribution in [3.05, 3.63) is 27.9 Å². The van der Waals surface area contributed by atoms with Gasteiger partial charge in [-0.05, 0) is 18.9 Å². The van der Waals surface area contributed by atoms with Gasteiger partial charge in [-0.1, -0.05) is 6.92 Å². The smallest absolute Gasteiger partial charge is 0.311 e. The molecule has 7 nitrogen and oxygen atoms in total. The Morgan fingerprint density at radius 3 is 2.56 bits per heavy atom. The number of aromatic nitrogens is 1. The highest BCUT2D eigenvalue weighted by atomic mass is 16.6. The lowest BCUT2D eigenvalue weighted by atomic mass is 9.98. The number of nitro groups is 1. The molecule has 0 aliphatic heterocycles. The van der Waals surface area contributed by atoms with Crippen LogP contribution in [0.3, 0.4) is 0 Å². The molecule has 0 saturated heterocycles.